The molecule has 7 heteroatoms. The Morgan fingerprint density at radius 3 is 2.74 bits per heavy atom. The lowest BCUT2D eigenvalue weighted by Gasteiger charge is -2.00. The van der Waals surface area contributed by atoms with Crippen LogP contribution in [0.25, 0.3) is 5.65 Å². The first-order valence-electron chi connectivity index (χ1n) is 6.07. The molecule has 0 spiro atoms. The molecule has 0 amide bonds. The highest BCUT2D eigenvalue weighted by Gasteiger charge is 2.05. The molecule has 0 bridgehead atoms. The Morgan fingerprint density at radius 1 is 1.11 bits per heavy atom. The van der Waals surface area contributed by atoms with Crippen molar-refractivity contribution < 1.29 is 0 Å². The van der Waals surface area contributed by atoms with Gasteiger partial charge >= 0.3 is 5.69 Å². The van der Waals surface area contributed by atoms with Crippen LogP contribution in [-0.2, 0) is 13.1 Å². The van der Waals surface area contributed by atoms with E-state index in [1.54, 1.807) is 16.9 Å². The van der Waals surface area contributed by atoms with Gasteiger partial charge in [-0.3, -0.25) is 9.08 Å². The van der Waals surface area contributed by atoms with Crippen molar-refractivity contribution in [2.45, 2.75) is 19.5 Å². The lowest BCUT2D eigenvalue weighted by Crippen LogP contribution is -2.21. The van der Waals surface area contributed by atoms with Gasteiger partial charge in [-0.2, -0.15) is 5.10 Å². The smallest absolute Gasteiger partial charge is 0.350 e. The van der Waals surface area contributed by atoms with Crippen molar-refractivity contribution in [3.8, 4) is 0 Å². The third-order valence-corrected chi connectivity index (χ3v) is 2.91. The Kier molecular flexibility index (Phi) is 2.79. The Morgan fingerprint density at radius 2 is 2.00 bits per heavy atom. The molecule has 19 heavy (non-hydrogen) atoms. The number of hydrogen-bond donors (Lipinski definition) is 1. The summed E-state index contributed by atoms with van der Waals surface area (Å²) < 4.78 is 4.77. The van der Waals surface area contributed by atoms with Gasteiger partial charge in [0.25, 0.3) is 0 Å². The van der Waals surface area contributed by atoms with Crippen LogP contribution < -0.4 is 11.4 Å². The van der Waals surface area contributed by atoms with Gasteiger partial charge in [0, 0.05) is 25.5 Å². The minimum Gasteiger partial charge on any atom is -0.382 e. The Bertz CT molecular complexity index is 753. The molecule has 0 radical (unpaired) electrons. The number of nitrogen functional groups attached to an aromatic ring is 1. The first-order chi connectivity index (χ1) is 9.24. The molecule has 3 aromatic rings. The number of hydrogen-bond acceptors (Lipinski definition) is 4. The highest BCUT2D eigenvalue weighted by Crippen LogP contribution is 1.99. The molecule has 7 nitrogen and oxygen atoms in total. The average molecular weight is 258 g/mol. The van der Waals surface area contributed by atoms with Crippen LogP contribution in [0.15, 0.2) is 41.5 Å². The molecule has 3 rings (SSSR count). The molecule has 0 fully saturated rings. The molecule has 0 aliphatic carbocycles. The van der Waals surface area contributed by atoms with Gasteiger partial charge in [0.2, 0.25) is 0 Å². The van der Waals surface area contributed by atoms with Gasteiger partial charge in [0.15, 0.2) is 5.65 Å². The van der Waals surface area contributed by atoms with E-state index < -0.39 is 0 Å². The van der Waals surface area contributed by atoms with Crippen LogP contribution in [0.2, 0.25) is 0 Å². The zero-order chi connectivity index (χ0) is 13.2. The second kappa shape index (κ2) is 4.60. The molecule has 0 aliphatic rings. The van der Waals surface area contributed by atoms with Gasteiger partial charge < -0.3 is 5.73 Å². The maximum atomic E-state index is 12.0. The van der Waals surface area contributed by atoms with Crippen LogP contribution in [0.5, 0.6) is 0 Å². The van der Waals surface area contributed by atoms with E-state index in [1.165, 1.54) is 9.08 Å². The van der Waals surface area contributed by atoms with Crippen molar-refractivity contribution >= 4 is 11.5 Å². The number of aryl methyl sites for hydroxylation is 2. The summed E-state index contributed by atoms with van der Waals surface area (Å²) in [5, 5.41) is 8.35. The monoisotopic (exact) mass is 258 g/mol. The fourth-order valence-corrected chi connectivity index (χ4v) is 2.00. The maximum absolute atomic E-state index is 12.0. The zero-order valence-corrected chi connectivity index (χ0v) is 10.3. The summed E-state index contributed by atoms with van der Waals surface area (Å²) in [7, 11) is 0. The van der Waals surface area contributed by atoms with Gasteiger partial charge in [-0.05, 0) is 24.6 Å². The number of pyridine rings is 1. The summed E-state index contributed by atoms with van der Waals surface area (Å²) in [6.45, 7) is 1.26. The van der Waals surface area contributed by atoms with Crippen molar-refractivity contribution in [3.63, 3.8) is 0 Å². The first-order valence-corrected chi connectivity index (χ1v) is 6.07. The molecular weight excluding hydrogens is 244 g/mol. The van der Waals surface area contributed by atoms with E-state index >= 15 is 0 Å². The van der Waals surface area contributed by atoms with Crippen LogP contribution in [0.3, 0.4) is 0 Å². The maximum Gasteiger partial charge on any atom is 0.350 e. The van der Waals surface area contributed by atoms with Crippen molar-refractivity contribution in [1.82, 2.24) is 24.0 Å². The van der Waals surface area contributed by atoms with Crippen LogP contribution in [0, 0.1) is 0 Å². The Hall–Kier alpha value is -2.57. The van der Waals surface area contributed by atoms with Crippen molar-refractivity contribution in [2.24, 2.45) is 0 Å². The quantitative estimate of drug-likeness (QED) is 0.732. The largest absolute Gasteiger partial charge is 0.382 e. The van der Waals surface area contributed by atoms with Gasteiger partial charge in [0.1, 0.15) is 5.82 Å². The molecule has 0 atom stereocenters. The third-order valence-electron chi connectivity index (χ3n) is 2.91. The second-order valence-corrected chi connectivity index (χ2v) is 4.29. The minimum atomic E-state index is -0.115. The Labute approximate surface area is 108 Å². The van der Waals surface area contributed by atoms with Crippen molar-refractivity contribution in [1.29, 1.82) is 0 Å². The van der Waals surface area contributed by atoms with E-state index in [9.17, 15) is 4.79 Å². The molecule has 0 saturated heterocycles. The van der Waals surface area contributed by atoms with Crippen LogP contribution in [0.4, 0.5) is 5.82 Å². The zero-order valence-electron chi connectivity index (χ0n) is 10.3. The number of fused-ring (bicyclic) bond motifs is 1. The predicted molar refractivity (Wildman–Crippen MR) is 70.7 cm³/mol. The molecule has 0 saturated carbocycles. The number of nitrogens with two attached hydrogens (primary N) is 1. The second-order valence-electron chi connectivity index (χ2n) is 4.29. The van der Waals surface area contributed by atoms with Crippen LogP contribution in [0.1, 0.15) is 6.42 Å². The van der Waals surface area contributed by atoms with E-state index in [4.69, 9.17) is 5.73 Å². The standard InChI is InChI=1S/C12H14N6O/c13-10-5-9-16(14-10)6-3-8-18-12(19)17-7-2-1-4-11(17)15-18/h1-2,4-5,7,9H,3,6,8H2,(H2,13,14). The highest BCUT2D eigenvalue weighted by atomic mass is 16.2. The first kappa shape index (κ1) is 11.5. The molecule has 98 valence electrons. The number of aromatic nitrogens is 5. The molecule has 3 heterocycles. The van der Waals surface area contributed by atoms with Gasteiger partial charge in [0.05, 0.1) is 0 Å². The summed E-state index contributed by atoms with van der Waals surface area (Å²) in [5.74, 6) is 0.505. The lowest BCUT2D eigenvalue weighted by atomic mass is 10.4. The number of rotatable bonds is 4. The highest BCUT2D eigenvalue weighted by molar-refractivity contribution is 5.35. The summed E-state index contributed by atoms with van der Waals surface area (Å²) in [6, 6.07) is 7.23. The van der Waals surface area contributed by atoms with Gasteiger partial charge in [-0.25, -0.2) is 9.48 Å². The molecule has 2 N–H and O–H groups in total. The van der Waals surface area contributed by atoms with Crippen molar-refractivity contribution in [2.75, 3.05) is 5.73 Å². The summed E-state index contributed by atoms with van der Waals surface area (Å²) in [5.41, 5.74) is 6.08. The summed E-state index contributed by atoms with van der Waals surface area (Å²) in [6.07, 6.45) is 4.31. The number of anilines is 1. The normalized spacial score (nSPS) is 11.2. The van der Waals surface area contributed by atoms with E-state index in [1.807, 2.05) is 24.4 Å². The molecule has 0 unspecified atom stereocenters. The summed E-state index contributed by atoms with van der Waals surface area (Å²) in [4.78, 5) is 12.0. The summed E-state index contributed by atoms with van der Waals surface area (Å²) >= 11 is 0. The van der Waals surface area contributed by atoms with Crippen LogP contribution in [-0.4, -0.2) is 24.0 Å². The van der Waals surface area contributed by atoms with Gasteiger partial charge in [-0.15, -0.1) is 5.10 Å². The van der Waals surface area contributed by atoms with Crippen LogP contribution >= 0.6 is 0 Å². The molecular formula is C12H14N6O. The lowest BCUT2D eigenvalue weighted by molar-refractivity contribution is 0.492. The Balaban J connectivity index is 1.72. The predicted octanol–water partition coefficient (Wildman–Crippen LogP) is 0.365. The number of nitrogens with zero attached hydrogens (tertiary/aromatic N) is 5. The third kappa shape index (κ3) is 2.22. The minimum absolute atomic E-state index is 0.115. The van der Waals surface area contributed by atoms with E-state index in [2.05, 4.69) is 10.2 Å². The molecule has 0 aliphatic heterocycles. The SMILES string of the molecule is Nc1ccn(CCCn2nc3ccccn3c2=O)n1. The van der Waals surface area contributed by atoms with Gasteiger partial charge in [-0.1, -0.05) is 6.07 Å². The van der Waals surface area contributed by atoms with Crippen molar-refractivity contribution in [3.05, 3.63) is 47.1 Å². The molecule has 3 aromatic heterocycles. The topological polar surface area (TPSA) is 83.1 Å². The average Bonchev–Trinajstić information content (AvgIpc) is 2.96. The molecule has 0 aromatic carbocycles. The fourth-order valence-electron chi connectivity index (χ4n) is 2.00. The van der Waals surface area contributed by atoms with E-state index in [-0.39, 0.29) is 5.69 Å². The van der Waals surface area contributed by atoms with E-state index in [0.717, 1.165) is 6.42 Å². The fraction of sp³-hybridized carbons (Fsp3) is 0.250. The van der Waals surface area contributed by atoms with E-state index in [0.29, 0.717) is 24.6 Å².